The number of nitrogens with zero attached hydrogens (tertiary/aromatic N) is 1. The van der Waals surface area contributed by atoms with Crippen molar-refractivity contribution in [1.29, 1.82) is 0 Å². The molecule has 6 heteroatoms. The molecule has 35 heavy (non-hydrogen) atoms. The van der Waals surface area contributed by atoms with E-state index in [2.05, 4.69) is 13.8 Å². The van der Waals surface area contributed by atoms with Gasteiger partial charge in [-0.05, 0) is 48.6 Å². The first-order valence-corrected chi connectivity index (χ1v) is 13.3. The molecule has 4 aliphatic rings. The van der Waals surface area contributed by atoms with Crippen molar-refractivity contribution >= 4 is 22.6 Å². The molecule has 2 saturated heterocycles. The Morgan fingerprint density at radius 2 is 1.69 bits per heavy atom. The van der Waals surface area contributed by atoms with Crippen LogP contribution in [0.3, 0.4) is 0 Å². The number of phenolic OH excluding ortho intramolecular Hbond substituents is 1. The van der Waals surface area contributed by atoms with Crippen molar-refractivity contribution in [3.8, 4) is 5.75 Å². The Morgan fingerprint density at radius 3 is 2.40 bits per heavy atom. The van der Waals surface area contributed by atoms with E-state index in [1.54, 1.807) is 11.0 Å². The molecule has 2 aliphatic heterocycles. The summed E-state index contributed by atoms with van der Waals surface area (Å²) in [4.78, 5) is 29.0. The van der Waals surface area contributed by atoms with Gasteiger partial charge in [-0.2, -0.15) is 0 Å². The van der Waals surface area contributed by atoms with Crippen LogP contribution in [0.2, 0.25) is 0 Å². The molecule has 4 fully saturated rings. The second-order valence-electron chi connectivity index (χ2n) is 11.5. The first kappa shape index (κ1) is 23.0. The third kappa shape index (κ3) is 3.36. The molecular formula is C29H35NO5. The lowest BCUT2D eigenvalue weighted by Gasteiger charge is -2.46. The van der Waals surface area contributed by atoms with E-state index in [0.29, 0.717) is 12.8 Å². The Morgan fingerprint density at radius 1 is 0.971 bits per heavy atom. The molecule has 186 valence electrons. The molecule has 0 spiro atoms. The third-order valence-corrected chi connectivity index (χ3v) is 9.34. The van der Waals surface area contributed by atoms with Crippen LogP contribution in [-0.4, -0.2) is 38.8 Å². The fourth-order valence-corrected chi connectivity index (χ4v) is 7.67. The van der Waals surface area contributed by atoms with Crippen LogP contribution in [0.5, 0.6) is 5.75 Å². The van der Waals surface area contributed by atoms with Gasteiger partial charge in [-0.15, -0.1) is 0 Å². The van der Waals surface area contributed by atoms with Gasteiger partial charge in [-0.25, -0.2) is 0 Å². The van der Waals surface area contributed by atoms with Gasteiger partial charge in [0.25, 0.3) is 0 Å². The van der Waals surface area contributed by atoms with Crippen LogP contribution < -0.4 is 0 Å². The molecule has 2 aliphatic carbocycles. The quantitative estimate of drug-likeness (QED) is 0.613. The summed E-state index contributed by atoms with van der Waals surface area (Å²) in [6.45, 7) is 4.12. The maximum Gasteiger partial charge on any atom is 0.233 e. The minimum atomic E-state index is -1.46. The minimum Gasteiger partial charge on any atom is -0.507 e. The standard InChI is InChI=1S/C29H35NO5/c1-16(2)22-14-21-26(28(33)30(27(21)32)17-8-4-3-5-9-17)23-15-25(35-29(22,23)34)20-12-13-24(31)19-11-7-6-10-18(19)20/h6-7,10-13,16-17,21-23,25-26,31,34H,3-5,8-9,14-15H2,1-2H3/t21-,22+,23-,25-,26-,29+/m0/s1. The summed E-state index contributed by atoms with van der Waals surface area (Å²) in [5, 5.41) is 24.1. The first-order valence-electron chi connectivity index (χ1n) is 13.3. The van der Waals surface area contributed by atoms with Crippen molar-refractivity contribution < 1.29 is 24.5 Å². The zero-order valence-corrected chi connectivity index (χ0v) is 20.5. The molecule has 2 saturated carbocycles. The average Bonchev–Trinajstić information content (AvgIpc) is 3.33. The van der Waals surface area contributed by atoms with Gasteiger partial charge in [0.1, 0.15) is 5.75 Å². The van der Waals surface area contributed by atoms with Crippen LogP contribution in [0.15, 0.2) is 36.4 Å². The average molecular weight is 478 g/mol. The summed E-state index contributed by atoms with van der Waals surface area (Å²) in [6.07, 6.45) is 5.58. The maximum absolute atomic E-state index is 13.8. The summed E-state index contributed by atoms with van der Waals surface area (Å²) >= 11 is 0. The van der Waals surface area contributed by atoms with Crippen molar-refractivity contribution in [2.45, 2.75) is 76.7 Å². The maximum atomic E-state index is 13.8. The van der Waals surface area contributed by atoms with Gasteiger partial charge >= 0.3 is 0 Å². The SMILES string of the molecule is CC(C)[C@H]1C[C@@H]2C(=O)N(C3CCCCC3)C(=O)[C@@H]2[C@@H]2C[C@@H](c3ccc(O)c4ccccc34)O[C@]12O. The number of benzene rings is 2. The smallest absolute Gasteiger partial charge is 0.233 e. The van der Waals surface area contributed by atoms with E-state index in [0.717, 1.165) is 48.4 Å². The lowest BCUT2D eigenvalue weighted by molar-refractivity contribution is -0.276. The number of likely N-dealkylation sites (tertiary alicyclic amines) is 1. The van der Waals surface area contributed by atoms with E-state index in [1.165, 1.54) is 0 Å². The van der Waals surface area contributed by atoms with Crippen molar-refractivity contribution in [2.24, 2.45) is 29.6 Å². The number of hydrogen-bond acceptors (Lipinski definition) is 5. The summed E-state index contributed by atoms with van der Waals surface area (Å²) in [6, 6.07) is 11.2. The predicted molar refractivity (Wildman–Crippen MR) is 131 cm³/mol. The Hall–Kier alpha value is -2.44. The largest absolute Gasteiger partial charge is 0.507 e. The number of amides is 2. The van der Waals surface area contributed by atoms with Crippen LogP contribution in [0.4, 0.5) is 0 Å². The fourth-order valence-electron chi connectivity index (χ4n) is 7.67. The number of ether oxygens (including phenoxy) is 1. The van der Waals surface area contributed by atoms with Crippen LogP contribution in [0.1, 0.15) is 70.5 Å². The van der Waals surface area contributed by atoms with E-state index in [4.69, 9.17) is 4.74 Å². The highest BCUT2D eigenvalue weighted by Crippen LogP contribution is 2.60. The van der Waals surface area contributed by atoms with Crippen LogP contribution in [0.25, 0.3) is 10.8 Å². The fraction of sp³-hybridized carbons (Fsp3) is 0.586. The first-order chi connectivity index (χ1) is 16.8. The number of carbonyl (C=O) groups is 2. The van der Waals surface area contributed by atoms with Crippen molar-refractivity contribution in [2.75, 3.05) is 0 Å². The van der Waals surface area contributed by atoms with Gasteiger partial charge in [0, 0.05) is 23.3 Å². The molecule has 0 unspecified atom stereocenters. The zero-order chi connectivity index (χ0) is 24.5. The van der Waals surface area contributed by atoms with Crippen molar-refractivity contribution in [3.63, 3.8) is 0 Å². The Balaban J connectivity index is 1.40. The summed E-state index contributed by atoms with van der Waals surface area (Å²) < 4.78 is 6.53. The van der Waals surface area contributed by atoms with Gasteiger partial charge in [-0.3, -0.25) is 14.5 Å². The Kier molecular flexibility index (Phi) is 5.46. The van der Waals surface area contributed by atoms with Gasteiger partial charge in [0.05, 0.1) is 17.9 Å². The van der Waals surface area contributed by atoms with Crippen LogP contribution >= 0.6 is 0 Å². The summed E-state index contributed by atoms with van der Waals surface area (Å²) in [7, 11) is 0. The molecule has 6 nitrogen and oxygen atoms in total. The molecule has 2 N–H and O–H groups in total. The molecule has 2 aromatic rings. The Labute approximate surface area is 206 Å². The number of rotatable bonds is 3. The molecule has 0 radical (unpaired) electrons. The number of hydrogen-bond donors (Lipinski definition) is 2. The summed E-state index contributed by atoms with van der Waals surface area (Å²) in [5.74, 6) is -2.85. The molecule has 6 rings (SSSR count). The van der Waals surface area contributed by atoms with Crippen molar-refractivity contribution in [1.82, 2.24) is 4.90 Å². The zero-order valence-electron chi connectivity index (χ0n) is 20.5. The molecule has 0 bridgehead atoms. The number of fused-ring (bicyclic) bond motifs is 4. The summed E-state index contributed by atoms with van der Waals surface area (Å²) in [5.41, 5.74) is 0.904. The molecule has 6 atom stereocenters. The number of aromatic hydroxyl groups is 1. The molecule has 2 aromatic carbocycles. The number of imide groups is 1. The van der Waals surface area contributed by atoms with Gasteiger partial charge in [-0.1, -0.05) is 63.4 Å². The second-order valence-corrected chi connectivity index (χ2v) is 11.5. The molecular weight excluding hydrogens is 442 g/mol. The predicted octanol–water partition coefficient (Wildman–Crippen LogP) is 4.92. The number of aliphatic hydroxyl groups is 1. The van der Waals surface area contributed by atoms with E-state index in [-0.39, 0.29) is 41.4 Å². The van der Waals surface area contributed by atoms with Gasteiger partial charge in [0.2, 0.25) is 11.8 Å². The van der Waals surface area contributed by atoms with Crippen molar-refractivity contribution in [3.05, 3.63) is 42.0 Å². The third-order valence-electron chi connectivity index (χ3n) is 9.34. The lowest BCUT2D eigenvalue weighted by Crippen LogP contribution is -2.55. The van der Waals surface area contributed by atoms with E-state index >= 15 is 0 Å². The monoisotopic (exact) mass is 477 g/mol. The highest BCUT2D eigenvalue weighted by Gasteiger charge is 2.67. The van der Waals surface area contributed by atoms with Gasteiger partial charge in [0.15, 0.2) is 5.79 Å². The lowest BCUT2D eigenvalue weighted by atomic mass is 9.62. The van der Waals surface area contributed by atoms with E-state index in [9.17, 15) is 19.8 Å². The van der Waals surface area contributed by atoms with Gasteiger partial charge < -0.3 is 14.9 Å². The van der Waals surface area contributed by atoms with Crippen LogP contribution in [-0.2, 0) is 14.3 Å². The Bertz CT molecular complexity index is 1170. The topological polar surface area (TPSA) is 87.1 Å². The van der Waals surface area contributed by atoms with Crippen LogP contribution in [0, 0.1) is 29.6 Å². The molecule has 2 amide bonds. The highest BCUT2D eigenvalue weighted by molar-refractivity contribution is 6.06. The molecule has 2 heterocycles. The molecule has 0 aromatic heterocycles. The second kappa shape index (κ2) is 8.31. The van der Waals surface area contributed by atoms with E-state index < -0.39 is 23.7 Å². The normalized spacial score (nSPS) is 35.7. The number of phenols is 1. The highest BCUT2D eigenvalue weighted by atomic mass is 16.6. The minimum absolute atomic E-state index is 0.000830. The van der Waals surface area contributed by atoms with E-state index in [1.807, 2.05) is 30.3 Å². The number of carbonyl (C=O) groups excluding carboxylic acids is 2.